The molecule has 7 nitrogen and oxygen atoms in total. The van der Waals surface area contributed by atoms with Crippen LogP contribution in [-0.4, -0.2) is 37.2 Å². The molecule has 0 fully saturated rings. The molecule has 0 aromatic carbocycles. The van der Waals surface area contributed by atoms with Crippen LogP contribution < -0.4 is 4.52 Å². The predicted octanol–water partition coefficient (Wildman–Crippen LogP) is 2.11. The second-order valence-corrected chi connectivity index (χ2v) is 8.36. The number of halogens is 1. The molecule has 1 aromatic rings. The van der Waals surface area contributed by atoms with Gasteiger partial charge in [0.15, 0.2) is 14.9 Å². The molecule has 0 radical (unpaired) electrons. The number of aromatic nitrogens is 2. The maximum absolute atomic E-state index is 12.2. The predicted molar refractivity (Wildman–Crippen MR) is 71.7 cm³/mol. The highest BCUT2D eigenvalue weighted by atomic mass is 35.5. The third-order valence-corrected chi connectivity index (χ3v) is 5.70. The van der Waals surface area contributed by atoms with Crippen LogP contribution in [0.25, 0.3) is 0 Å². The lowest BCUT2D eigenvalue weighted by Gasteiger charge is -2.15. The van der Waals surface area contributed by atoms with Crippen molar-refractivity contribution in [2.24, 2.45) is 7.05 Å². The number of hydrogen-bond acceptors (Lipinski definition) is 6. The van der Waals surface area contributed by atoms with Crippen LogP contribution in [0.15, 0.2) is 5.03 Å². The second kappa shape index (κ2) is 5.83. The SMILES string of the molecule is CCOP(=O)(CC)Oc1nn(C)c(S(C)(=O)=O)c1Cl. The number of rotatable bonds is 6. The third kappa shape index (κ3) is 3.72. The van der Waals surface area contributed by atoms with Gasteiger partial charge in [0.2, 0.25) is 0 Å². The van der Waals surface area contributed by atoms with E-state index in [4.69, 9.17) is 20.6 Å². The van der Waals surface area contributed by atoms with Crippen molar-refractivity contribution in [2.75, 3.05) is 19.0 Å². The van der Waals surface area contributed by atoms with Crippen molar-refractivity contribution in [3.8, 4) is 5.88 Å². The van der Waals surface area contributed by atoms with Gasteiger partial charge in [0.25, 0.3) is 5.88 Å². The van der Waals surface area contributed by atoms with Gasteiger partial charge in [-0.3, -0.25) is 4.68 Å². The highest BCUT2D eigenvalue weighted by Crippen LogP contribution is 2.49. The maximum atomic E-state index is 12.2. The van der Waals surface area contributed by atoms with Crippen LogP contribution in [0.2, 0.25) is 5.02 Å². The summed E-state index contributed by atoms with van der Waals surface area (Å²) in [5.74, 6) is -0.205. The van der Waals surface area contributed by atoms with E-state index in [-0.39, 0.29) is 28.7 Å². The first-order valence-corrected chi connectivity index (χ1v) is 9.50. The molecular formula is C9H16ClN2O5PS. The zero-order chi connectivity index (χ0) is 14.8. The van der Waals surface area contributed by atoms with Crippen LogP contribution in [0.4, 0.5) is 0 Å². The first kappa shape index (κ1) is 16.5. The molecule has 10 heteroatoms. The standard InChI is InChI=1S/C9H16ClN2O5PS/c1-5-16-18(13,6-2)17-8-7(10)9(12(3)11-8)19(4,14)15/h5-6H2,1-4H3. The normalized spacial score (nSPS) is 15.2. The Morgan fingerprint density at radius 2 is 2.00 bits per heavy atom. The summed E-state index contributed by atoms with van der Waals surface area (Å²) < 4.78 is 46.6. The van der Waals surface area contributed by atoms with Gasteiger partial charge in [-0.05, 0) is 6.92 Å². The lowest BCUT2D eigenvalue weighted by molar-refractivity contribution is 0.277. The molecule has 1 heterocycles. The van der Waals surface area contributed by atoms with Crippen LogP contribution in [-0.2, 0) is 26.0 Å². The lowest BCUT2D eigenvalue weighted by Crippen LogP contribution is -2.05. The molecule has 1 rings (SSSR count). The molecular weight excluding hydrogens is 315 g/mol. The Kier molecular flexibility index (Phi) is 5.06. The van der Waals surface area contributed by atoms with Crippen LogP contribution >= 0.6 is 19.2 Å². The molecule has 0 aliphatic rings. The topological polar surface area (TPSA) is 87.5 Å². The Hall–Kier alpha value is -0.560. The fraction of sp³-hybridized carbons (Fsp3) is 0.667. The van der Waals surface area contributed by atoms with Gasteiger partial charge in [-0.25, -0.2) is 13.0 Å². The van der Waals surface area contributed by atoms with Crippen LogP contribution in [0.5, 0.6) is 5.88 Å². The maximum Gasteiger partial charge on any atom is 0.380 e. The van der Waals surface area contributed by atoms with Crippen LogP contribution in [0, 0.1) is 0 Å². The fourth-order valence-electron chi connectivity index (χ4n) is 1.43. The number of sulfone groups is 1. The minimum Gasteiger partial charge on any atom is -0.403 e. The second-order valence-electron chi connectivity index (χ2n) is 3.76. The highest BCUT2D eigenvalue weighted by Gasteiger charge is 2.30. The van der Waals surface area contributed by atoms with E-state index in [0.717, 1.165) is 10.9 Å². The smallest absolute Gasteiger partial charge is 0.380 e. The van der Waals surface area contributed by atoms with Crippen molar-refractivity contribution in [1.29, 1.82) is 0 Å². The average Bonchev–Trinajstić information content (AvgIpc) is 2.53. The zero-order valence-corrected chi connectivity index (χ0v) is 13.6. The molecule has 19 heavy (non-hydrogen) atoms. The van der Waals surface area contributed by atoms with Gasteiger partial charge in [0, 0.05) is 13.3 Å². The van der Waals surface area contributed by atoms with E-state index in [1.54, 1.807) is 13.8 Å². The summed E-state index contributed by atoms with van der Waals surface area (Å²) in [5, 5.41) is 3.44. The average molecular weight is 331 g/mol. The van der Waals surface area contributed by atoms with Crippen molar-refractivity contribution in [2.45, 2.75) is 18.9 Å². The highest BCUT2D eigenvalue weighted by molar-refractivity contribution is 7.90. The summed E-state index contributed by atoms with van der Waals surface area (Å²) in [6.07, 6.45) is 1.13. The fourth-order valence-corrected chi connectivity index (χ4v) is 4.19. The summed E-state index contributed by atoms with van der Waals surface area (Å²) in [7, 11) is -5.51. The molecule has 1 unspecified atom stereocenters. The molecule has 0 aliphatic heterocycles. The first-order valence-electron chi connectivity index (χ1n) is 5.50. The Morgan fingerprint density at radius 1 is 1.42 bits per heavy atom. The molecule has 1 atom stereocenters. The minimum atomic E-state index is -3.56. The summed E-state index contributed by atoms with van der Waals surface area (Å²) in [6.45, 7) is 3.51. The Balaban J connectivity index is 3.22. The Labute approximate surface area is 117 Å². The molecule has 0 spiro atoms. The Bertz CT molecular complexity index is 612. The van der Waals surface area contributed by atoms with Crippen molar-refractivity contribution < 1.29 is 22.0 Å². The van der Waals surface area contributed by atoms with E-state index >= 15 is 0 Å². The first-order chi connectivity index (χ1) is 8.64. The van der Waals surface area contributed by atoms with Gasteiger partial charge < -0.3 is 9.05 Å². The summed E-state index contributed by atoms with van der Waals surface area (Å²) >= 11 is 5.91. The molecule has 0 saturated heterocycles. The zero-order valence-electron chi connectivity index (χ0n) is 11.1. The Morgan fingerprint density at radius 3 is 2.37 bits per heavy atom. The van der Waals surface area contributed by atoms with Crippen LogP contribution in [0.1, 0.15) is 13.8 Å². The van der Waals surface area contributed by atoms with Gasteiger partial charge in [-0.2, -0.15) is 0 Å². The molecule has 1 aromatic heterocycles. The molecule has 110 valence electrons. The third-order valence-electron chi connectivity index (χ3n) is 2.20. The van der Waals surface area contributed by atoms with E-state index < -0.39 is 17.4 Å². The van der Waals surface area contributed by atoms with E-state index in [1.165, 1.54) is 7.05 Å². The van der Waals surface area contributed by atoms with Crippen LogP contribution in [0.3, 0.4) is 0 Å². The van der Waals surface area contributed by atoms with E-state index in [1.807, 2.05) is 0 Å². The van der Waals surface area contributed by atoms with Crippen molar-refractivity contribution >= 4 is 29.0 Å². The molecule has 0 amide bonds. The van der Waals surface area contributed by atoms with E-state index in [0.29, 0.717) is 0 Å². The lowest BCUT2D eigenvalue weighted by atomic mass is 10.7. The van der Waals surface area contributed by atoms with Gasteiger partial charge in [-0.1, -0.05) is 18.5 Å². The van der Waals surface area contributed by atoms with E-state index in [2.05, 4.69) is 5.10 Å². The quantitative estimate of drug-likeness (QED) is 0.742. The van der Waals surface area contributed by atoms with E-state index in [9.17, 15) is 13.0 Å². The summed E-state index contributed by atoms with van der Waals surface area (Å²) in [5.41, 5.74) is 0. The van der Waals surface area contributed by atoms with Gasteiger partial charge in [0.05, 0.1) is 12.8 Å². The monoisotopic (exact) mass is 330 g/mol. The summed E-state index contributed by atoms with van der Waals surface area (Å²) in [6, 6.07) is 0. The van der Waals surface area contributed by atoms with Crippen molar-refractivity contribution in [3.05, 3.63) is 5.02 Å². The number of aryl methyl sites for hydroxylation is 1. The molecule has 0 bridgehead atoms. The van der Waals surface area contributed by atoms with Crippen molar-refractivity contribution in [3.63, 3.8) is 0 Å². The summed E-state index contributed by atoms with van der Waals surface area (Å²) in [4.78, 5) is 0. The van der Waals surface area contributed by atoms with Crippen molar-refractivity contribution in [1.82, 2.24) is 9.78 Å². The minimum absolute atomic E-state index is 0.127. The van der Waals surface area contributed by atoms with Gasteiger partial charge in [0.1, 0.15) is 5.02 Å². The molecule has 0 aliphatic carbocycles. The van der Waals surface area contributed by atoms with Gasteiger partial charge >= 0.3 is 7.60 Å². The van der Waals surface area contributed by atoms with Gasteiger partial charge in [-0.15, -0.1) is 5.10 Å². The number of hydrogen-bond donors (Lipinski definition) is 0. The number of nitrogens with zero attached hydrogens (tertiary/aromatic N) is 2. The molecule has 0 saturated carbocycles. The molecule has 0 N–H and O–H groups in total. The largest absolute Gasteiger partial charge is 0.403 e.